The Balaban J connectivity index is 1.34. The summed E-state index contributed by atoms with van der Waals surface area (Å²) >= 11 is 6.71. The number of benzene rings is 1. The van der Waals surface area contributed by atoms with Gasteiger partial charge in [-0.1, -0.05) is 37.3 Å². The Bertz CT molecular complexity index is 1290. The lowest BCUT2D eigenvalue weighted by molar-refractivity contribution is 0.0732. The number of carbonyl (C=O) groups excluding carboxylic acids is 1. The van der Waals surface area contributed by atoms with Crippen LogP contribution in [0.15, 0.2) is 41.5 Å². The van der Waals surface area contributed by atoms with E-state index < -0.39 is 5.60 Å². The zero-order valence-corrected chi connectivity index (χ0v) is 25.7. The molecule has 2 aliphatic rings. The maximum absolute atomic E-state index is 13.1. The fourth-order valence-electron chi connectivity index (χ4n) is 5.48. The first-order valence-corrected chi connectivity index (χ1v) is 15.0. The van der Waals surface area contributed by atoms with Crippen molar-refractivity contribution < 1.29 is 9.90 Å². The summed E-state index contributed by atoms with van der Waals surface area (Å²) in [5.41, 5.74) is 1.30. The molecule has 2 atom stereocenters. The third kappa shape index (κ3) is 8.00. The first-order valence-electron chi connectivity index (χ1n) is 14.7. The number of aromatic nitrogens is 1. The molecule has 41 heavy (non-hydrogen) atoms. The molecular formula is C32H43ClN6O2. The predicted molar refractivity (Wildman–Crippen MR) is 167 cm³/mol. The van der Waals surface area contributed by atoms with Crippen molar-refractivity contribution in [1.82, 2.24) is 20.1 Å². The summed E-state index contributed by atoms with van der Waals surface area (Å²) in [6, 6.07) is 10.00. The van der Waals surface area contributed by atoms with E-state index >= 15 is 0 Å². The molecule has 1 unspecified atom stereocenters. The van der Waals surface area contributed by atoms with Crippen molar-refractivity contribution in [2.24, 2.45) is 4.99 Å². The van der Waals surface area contributed by atoms with E-state index in [1.165, 1.54) is 0 Å². The molecule has 4 rings (SSSR count). The number of nitrogens with one attached hydrogen (secondary N) is 1. The molecule has 2 aromatic rings. The number of aliphatic imine (C=N–C) groups is 1. The summed E-state index contributed by atoms with van der Waals surface area (Å²) in [6.45, 7) is 12.7. The van der Waals surface area contributed by atoms with Crippen LogP contribution in [0.5, 0.6) is 0 Å². The van der Waals surface area contributed by atoms with Crippen LogP contribution in [0.4, 0.5) is 5.82 Å². The Morgan fingerprint density at radius 3 is 2.63 bits per heavy atom. The predicted octanol–water partition coefficient (Wildman–Crippen LogP) is 4.05. The smallest absolute Gasteiger partial charge is 0.253 e. The number of anilines is 1. The van der Waals surface area contributed by atoms with Gasteiger partial charge in [-0.05, 0) is 63.4 Å². The number of hydrogen-bond acceptors (Lipinski definition) is 7. The Morgan fingerprint density at radius 1 is 1.27 bits per heavy atom. The van der Waals surface area contributed by atoms with Crippen LogP contribution < -0.4 is 10.2 Å². The number of piperazine rings is 1. The fourth-order valence-corrected chi connectivity index (χ4v) is 5.77. The number of rotatable bonds is 9. The molecule has 0 spiro atoms. The Kier molecular flexibility index (Phi) is 10.3. The van der Waals surface area contributed by atoms with E-state index in [9.17, 15) is 9.90 Å². The third-order valence-electron chi connectivity index (χ3n) is 7.80. The van der Waals surface area contributed by atoms with E-state index in [0.717, 1.165) is 74.8 Å². The van der Waals surface area contributed by atoms with E-state index in [2.05, 4.69) is 45.8 Å². The number of carbonyl (C=O) groups is 1. The van der Waals surface area contributed by atoms with Crippen molar-refractivity contribution in [1.29, 1.82) is 0 Å². The maximum atomic E-state index is 13.1. The van der Waals surface area contributed by atoms with Crippen LogP contribution in [0.1, 0.15) is 68.4 Å². The lowest BCUT2D eigenvalue weighted by Crippen LogP contribution is -2.57. The fraction of sp³-hybridized carbons (Fsp3) is 0.531. The second-order valence-corrected chi connectivity index (χ2v) is 11.8. The number of nitrogens with zero attached hydrogens (tertiary/aromatic N) is 5. The van der Waals surface area contributed by atoms with E-state index in [0.29, 0.717) is 29.2 Å². The van der Waals surface area contributed by atoms with E-state index in [1.54, 1.807) is 26.0 Å². The Hall–Kier alpha value is -3.12. The molecule has 0 bridgehead atoms. The van der Waals surface area contributed by atoms with Gasteiger partial charge >= 0.3 is 0 Å². The highest BCUT2D eigenvalue weighted by Crippen LogP contribution is 2.29. The van der Waals surface area contributed by atoms with Gasteiger partial charge in [-0.15, -0.1) is 0 Å². The molecule has 2 aliphatic heterocycles. The van der Waals surface area contributed by atoms with Crippen LogP contribution in [0.2, 0.25) is 5.02 Å². The molecule has 3 heterocycles. The normalized spacial score (nSPS) is 18.3. The largest absolute Gasteiger partial charge is 0.378 e. The first kappa shape index (κ1) is 30.8. The van der Waals surface area contributed by atoms with Gasteiger partial charge in [-0.2, -0.15) is 0 Å². The molecule has 1 saturated heterocycles. The van der Waals surface area contributed by atoms with Crippen molar-refractivity contribution in [3.8, 4) is 11.8 Å². The molecule has 9 heteroatoms. The lowest BCUT2D eigenvalue weighted by Gasteiger charge is -2.46. The zero-order valence-electron chi connectivity index (χ0n) is 25.0. The molecular weight excluding hydrogens is 536 g/mol. The number of aliphatic hydroxyl groups is 1. The monoisotopic (exact) mass is 578 g/mol. The van der Waals surface area contributed by atoms with Gasteiger partial charge in [0.25, 0.3) is 5.91 Å². The van der Waals surface area contributed by atoms with Crippen LogP contribution in [0.3, 0.4) is 0 Å². The molecule has 0 aliphatic carbocycles. The van der Waals surface area contributed by atoms with Gasteiger partial charge in [0.05, 0.1) is 11.6 Å². The molecule has 2 N–H and O–H groups in total. The highest BCUT2D eigenvalue weighted by atomic mass is 35.5. The SMILES string of the molecule is CCC(CCN(C)C(=O)c1ccc(C#CC(C)(C)O)cc1)N1CCN(c2ncc(C3=NCCN3)cc2Cl)C[C@@H]1CC. The number of halogens is 1. The molecule has 8 nitrogen and oxygen atoms in total. The van der Waals surface area contributed by atoms with Crippen molar-refractivity contribution >= 4 is 29.2 Å². The molecule has 1 fully saturated rings. The van der Waals surface area contributed by atoms with Gasteiger partial charge < -0.3 is 20.2 Å². The second kappa shape index (κ2) is 13.7. The van der Waals surface area contributed by atoms with Crippen LogP contribution in [-0.4, -0.2) is 95.6 Å². The van der Waals surface area contributed by atoms with Gasteiger partial charge in [-0.25, -0.2) is 4.98 Å². The Morgan fingerprint density at radius 2 is 2.02 bits per heavy atom. The molecule has 0 radical (unpaired) electrons. The van der Waals surface area contributed by atoms with Crippen LogP contribution in [0.25, 0.3) is 0 Å². The lowest BCUT2D eigenvalue weighted by atomic mass is 10.0. The van der Waals surface area contributed by atoms with Gasteiger partial charge in [0, 0.05) is 74.7 Å². The van der Waals surface area contributed by atoms with Crippen molar-refractivity contribution in [3.63, 3.8) is 0 Å². The Labute approximate surface area is 249 Å². The minimum Gasteiger partial charge on any atom is -0.378 e. The molecule has 1 aromatic heterocycles. The minimum atomic E-state index is -1.05. The number of amides is 1. The standard InChI is InChI=1S/C32H43ClN6O2/c1-6-26(13-17-37(5)31(40)24-10-8-23(9-11-24)12-14-32(3,4)41)39-19-18-38(22-27(39)7-2)30-28(33)20-25(21-36-30)29-34-15-16-35-29/h8-11,20-21,26-27,41H,6-7,13,15-19,22H2,1-5H3,(H,34,35)/t26?,27-/m0/s1. The molecule has 220 valence electrons. The van der Waals surface area contributed by atoms with Crippen molar-refractivity contribution in [2.75, 3.05) is 51.2 Å². The van der Waals surface area contributed by atoms with Crippen LogP contribution >= 0.6 is 11.6 Å². The van der Waals surface area contributed by atoms with E-state index in [4.69, 9.17) is 16.6 Å². The first-order chi connectivity index (χ1) is 19.6. The van der Waals surface area contributed by atoms with Crippen molar-refractivity contribution in [3.05, 3.63) is 58.2 Å². The van der Waals surface area contributed by atoms with Gasteiger partial charge in [0.1, 0.15) is 17.3 Å². The highest BCUT2D eigenvalue weighted by molar-refractivity contribution is 6.33. The summed E-state index contributed by atoms with van der Waals surface area (Å²) in [6.07, 6.45) is 4.83. The topological polar surface area (TPSA) is 84.3 Å². The van der Waals surface area contributed by atoms with Crippen LogP contribution in [0, 0.1) is 11.8 Å². The average molecular weight is 579 g/mol. The summed E-state index contributed by atoms with van der Waals surface area (Å²) < 4.78 is 0. The number of amidine groups is 1. The average Bonchev–Trinajstić information content (AvgIpc) is 3.51. The van der Waals surface area contributed by atoms with Gasteiger partial charge in [-0.3, -0.25) is 14.7 Å². The summed E-state index contributed by atoms with van der Waals surface area (Å²) in [7, 11) is 1.87. The molecule has 0 saturated carbocycles. The minimum absolute atomic E-state index is 0.00152. The third-order valence-corrected chi connectivity index (χ3v) is 8.08. The number of hydrogen-bond donors (Lipinski definition) is 2. The highest BCUT2D eigenvalue weighted by Gasteiger charge is 2.32. The maximum Gasteiger partial charge on any atom is 0.253 e. The summed E-state index contributed by atoms with van der Waals surface area (Å²) in [5, 5.41) is 13.8. The van der Waals surface area contributed by atoms with Crippen LogP contribution in [-0.2, 0) is 0 Å². The molecule has 1 amide bonds. The molecule has 1 aromatic carbocycles. The summed E-state index contributed by atoms with van der Waals surface area (Å²) in [4.78, 5) is 29.1. The summed E-state index contributed by atoms with van der Waals surface area (Å²) in [5.74, 6) is 7.46. The zero-order chi connectivity index (χ0) is 29.6. The van der Waals surface area contributed by atoms with E-state index in [1.807, 2.05) is 36.3 Å². The van der Waals surface area contributed by atoms with E-state index in [-0.39, 0.29) is 5.91 Å². The quantitative estimate of drug-likeness (QED) is 0.437. The second-order valence-electron chi connectivity index (χ2n) is 11.4. The number of pyridine rings is 1. The van der Waals surface area contributed by atoms with Crippen molar-refractivity contribution in [2.45, 2.75) is 64.6 Å². The van der Waals surface area contributed by atoms with Gasteiger partial charge in [0.2, 0.25) is 0 Å². The van der Waals surface area contributed by atoms with Gasteiger partial charge in [0.15, 0.2) is 0 Å².